The molecule has 2 fully saturated rings. The number of thioether (sulfide) groups is 2. The summed E-state index contributed by atoms with van der Waals surface area (Å²) in [5.74, 6) is 1.61. The summed E-state index contributed by atoms with van der Waals surface area (Å²) in [5, 5.41) is 9.23. The van der Waals surface area contributed by atoms with E-state index in [1.54, 1.807) is 41.2 Å². The summed E-state index contributed by atoms with van der Waals surface area (Å²) in [4.78, 5) is 18.8. The number of nitrogens with zero attached hydrogens (tertiary/aromatic N) is 5. The first-order chi connectivity index (χ1) is 14.7. The molecule has 2 aliphatic rings. The van der Waals surface area contributed by atoms with Crippen molar-refractivity contribution in [2.75, 3.05) is 18.1 Å². The van der Waals surface area contributed by atoms with Crippen LogP contribution < -0.4 is 0 Å². The van der Waals surface area contributed by atoms with Gasteiger partial charge in [0.2, 0.25) is 5.91 Å². The van der Waals surface area contributed by atoms with Gasteiger partial charge in [-0.15, -0.1) is 22.0 Å². The average Bonchev–Trinajstić information content (AvgIpc) is 3.33. The summed E-state index contributed by atoms with van der Waals surface area (Å²) >= 11 is 3.01. The fourth-order valence-corrected chi connectivity index (χ4v) is 5.79. The van der Waals surface area contributed by atoms with Crippen molar-refractivity contribution in [3.63, 3.8) is 0 Å². The van der Waals surface area contributed by atoms with Gasteiger partial charge in [-0.1, -0.05) is 30.0 Å². The Morgan fingerprint density at radius 3 is 2.73 bits per heavy atom. The van der Waals surface area contributed by atoms with Gasteiger partial charge in [-0.2, -0.15) is 0 Å². The third-order valence-electron chi connectivity index (χ3n) is 5.22. The number of pyridine rings is 1. The van der Waals surface area contributed by atoms with Crippen molar-refractivity contribution in [3.05, 3.63) is 60.2 Å². The van der Waals surface area contributed by atoms with Gasteiger partial charge in [-0.05, 0) is 31.0 Å². The molecule has 0 radical (unpaired) electrons. The Balaban J connectivity index is 1.32. The number of halogens is 1. The van der Waals surface area contributed by atoms with Crippen molar-refractivity contribution in [1.29, 1.82) is 0 Å². The van der Waals surface area contributed by atoms with Crippen LogP contribution in [0.15, 0.2) is 53.9 Å². The summed E-state index contributed by atoms with van der Waals surface area (Å²) < 4.78 is 16.4. The molecule has 0 N–H and O–H groups in total. The Hall–Kier alpha value is -2.39. The van der Waals surface area contributed by atoms with Gasteiger partial charge in [0.1, 0.15) is 11.2 Å². The lowest BCUT2D eigenvalue weighted by Gasteiger charge is -2.24. The molecule has 3 aromatic rings. The summed E-state index contributed by atoms with van der Waals surface area (Å²) in [6.45, 7) is 0.626. The van der Waals surface area contributed by atoms with Gasteiger partial charge in [-0.25, -0.2) is 4.39 Å². The molecule has 3 heterocycles. The highest BCUT2D eigenvalue weighted by molar-refractivity contribution is 8.00. The maximum Gasteiger partial charge on any atom is 0.234 e. The molecule has 1 amide bonds. The van der Waals surface area contributed by atoms with Crippen molar-refractivity contribution in [2.24, 2.45) is 0 Å². The Labute approximate surface area is 182 Å². The third-order valence-corrected chi connectivity index (χ3v) is 7.39. The van der Waals surface area contributed by atoms with Gasteiger partial charge < -0.3 is 4.90 Å². The number of carbonyl (C=O) groups excluding carboxylic acids is 1. The van der Waals surface area contributed by atoms with E-state index in [2.05, 4.69) is 19.7 Å². The molecule has 0 spiro atoms. The second kappa shape index (κ2) is 8.39. The minimum atomic E-state index is -0.270. The van der Waals surface area contributed by atoms with Crippen LogP contribution in [0.3, 0.4) is 0 Å². The molecular weight excluding hydrogens is 421 g/mol. The van der Waals surface area contributed by atoms with E-state index >= 15 is 0 Å². The highest BCUT2D eigenvalue weighted by atomic mass is 32.2. The summed E-state index contributed by atoms with van der Waals surface area (Å²) in [5.41, 5.74) is 1.54. The van der Waals surface area contributed by atoms with Gasteiger partial charge in [0.25, 0.3) is 0 Å². The largest absolute Gasteiger partial charge is 0.325 e. The van der Waals surface area contributed by atoms with Crippen LogP contribution in [-0.4, -0.2) is 48.6 Å². The van der Waals surface area contributed by atoms with Gasteiger partial charge in [0.05, 0.1) is 5.75 Å². The lowest BCUT2D eigenvalue weighted by molar-refractivity contribution is -0.128. The molecule has 154 valence electrons. The van der Waals surface area contributed by atoms with E-state index in [0.717, 1.165) is 35.1 Å². The molecule has 6 nitrogen and oxygen atoms in total. The van der Waals surface area contributed by atoms with Gasteiger partial charge in [-0.3, -0.25) is 14.3 Å². The number of carbonyl (C=O) groups is 1. The monoisotopic (exact) mass is 441 g/mol. The average molecular weight is 442 g/mol. The van der Waals surface area contributed by atoms with Crippen molar-refractivity contribution in [2.45, 2.75) is 29.4 Å². The van der Waals surface area contributed by atoms with E-state index < -0.39 is 0 Å². The second-order valence-electron chi connectivity index (χ2n) is 7.26. The summed E-state index contributed by atoms with van der Waals surface area (Å²) in [6.07, 6.45) is 5.67. The Kier molecular flexibility index (Phi) is 5.47. The third kappa shape index (κ3) is 3.83. The van der Waals surface area contributed by atoms with Gasteiger partial charge in [0.15, 0.2) is 11.0 Å². The maximum atomic E-state index is 14.3. The SMILES string of the molecule is O=C(CSc1nnc(-c2ccncc2)n1C1CC1)N1CCS[C@H]1c1ccccc1F. The van der Waals surface area contributed by atoms with Crippen LogP contribution in [0.2, 0.25) is 0 Å². The fraction of sp³-hybridized carbons (Fsp3) is 0.333. The van der Waals surface area contributed by atoms with E-state index in [-0.39, 0.29) is 22.9 Å². The quantitative estimate of drug-likeness (QED) is 0.535. The Bertz CT molecular complexity index is 1060. The first-order valence-corrected chi connectivity index (χ1v) is 11.9. The highest BCUT2D eigenvalue weighted by Crippen LogP contribution is 2.42. The van der Waals surface area contributed by atoms with Crippen molar-refractivity contribution in [3.8, 4) is 11.4 Å². The standard InChI is InChI=1S/C21H20FN5OS2/c22-17-4-2-1-3-16(17)20-26(11-12-29-20)18(28)13-30-21-25-24-19(27(21)15-5-6-15)14-7-9-23-10-8-14/h1-4,7-10,15,20H,5-6,11-13H2/t20-/m0/s1. The molecule has 9 heteroatoms. The molecule has 1 aliphatic carbocycles. The lowest BCUT2D eigenvalue weighted by Crippen LogP contribution is -2.32. The van der Waals surface area contributed by atoms with Gasteiger partial charge >= 0.3 is 0 Å². The molecule has 0 unspecified atom stereocenters. The van der Waals surface area contributed by atoms with Crippen LogP contribution in [-0.2, 0) is 4.79 Å². The zero-order valence-corrected chi connectivity index (χ0v) is 17.8. The molecule has 1 atom stereocenters. The predicted octanol–water partition coefficient (Wildman–Crippen LogP) is 4.18. The number of aromatic nitrogens is 4. The van der Waals surface area contributed by atoms with Crippen LogP contribution in [0.4, 0.5) is 4.39 Å². The molecule has 1 aliphatic heterocycles. The minimum Gasteiger partial charge on any atom is -0.325 e. The molecule has 1 saturated carbocycles. The first-order valence-electron chi connectivity index (χ1n) is 9.86. The van der Waals surface area contributed by atoms with E-state index in [1.165, 1.54) is 17.8 Å². The molecule has 2 aromatic heterocycles. The van der Waals surface area contributed by atoms with Crippen LogP contribution >= 0.6 is 23.5 Å². The zero-order chi connectivity index (χ0) is 20.5. The molecule has 0 bridgehead atoms. The molecule has 1 aromatic carbocycles. The number of amides is 1. The first kappa shape index (κ1) is 19.6. The Morgan fingerprint density at radius 1 is 1.17 bits per heavy atom. The number of hydrogen-bond donors (Lipinski definition) is 0. The van der Waals surface area contributed by atoms with E-state index in [0.29, 0.717) is 18.2 Å². The predicted molar refractivity (Wildman–Crippen MR) is 116 cm³/mol. The number of hydrogen-bond acceptors (Lipinski definition) is 6. The van der Waals surface area contributed by atoms with Crippen LogP contribution in [0.25, 0.3) is 11.4 Å². The highest BCUT2D eigenvalue weighted by Gasteiger charge is 2.34. The smallest absolute Gasteiger partial charge is 0.234 e. The molecule has 30 heavy (non-hydrogen) atoms. The molecular formula is C21H20FN5OS2. The van der Waals surface area contributed by atoms with E-state index in [1.807, 2.05) is 18.2 Å². The maximum absolute atomic E-state index is 14.3. The summed E-state index contributed by atoms with van der Waals surface area (Å²) in [7, 11) is 0. The summed E-state index contributed by atoms with van der Waals surface area (Å²) in [6, 6.07) is 10.9. The minimum absolute atomic E-state index is 0.00550. The second-order valence-corrected chi connectivity index (χ2v) is 9.39. The Morgan fingerprint density at radius 2 is 1.97 bits per heavy atom. The van der Waals surface area contributed by atoms with Crippen molar-refractivity contribution in [1.82, 2.24) is 24.6 Å². The molecule has 5 rings (SSSR count). The zero-order valence-electron chi connectivity index (χ0n) is 16.1. The fourth-order valence-electron chi connectivity index (χ4n) is 3.60. The van der Waals surface area contributed by atoms with E-state index in [9.17, 15) is 9.18 Å². The lowest BCUT2D eigenvalue weighted by atomic mass is 10.2. The van der Waals surface area contributed by atoms with Gasteiger partial charge in [0, 0.05) is 41.9 Å². The van der Waals surface area contributed by atoms with Crippen LogP contribution in [0, 0.1) is 5.82 Å². The van der Waals surface area contributed by atoms with Crippen LogP contribution in [0.5, 0.6) is 0 Å². The number of rotatable bonds is 6. The number of benzene rings is 1. The van der Waals surface area contributed by atoms with Crippen molar-refractivity contribution < 1.29 is 9.18 Å². The van der Waals surface area contributed by atoms with Crippen LogP contribution in [0.1, 0.15) is 29.8 Å². The van der Waals surface area contributed by atoms with E-state index in [4.69, 9.17) is 0 Å². The molecule has 1 saturated heterocycles. The topological polar surface area (TPSA) is 63.9 Å². The van der Waals surface area contributed by atoms with Crippen molar-refractivity contribution >= 4 is 29.4 Å². The normalized spacial score (nSPS) is 18.7.